The number of hydrogen-bond acceptors (Lipinski definition) is 3. The van der Waals surface area contributed by atoms with E-state index in [0.717, 1.165) is 16.6 Å². The first-order valence-corrected chi connectivity index (χ1v) is 6.28. The number of ether oxygens (including phenoxy) is 2. The molecule has 94 valence electrons. The molecular formula is C13H17BrO3. The Labute approximate surface area is 110 Å². The van der Waals surface area contributed by atoms with Crippen LogP contribution in [0.15, 0.2) is 22.7 Å². The lowest BCUT2D eigenvalue weighted by molar-refractivity contribution is 0.0599. The zero-order valence-electron chi connectivity index (χ0n) is 10.3. The smallest absolute Gasteiger partial charge is 0.339 e. The topological polar surface area (TPSA) is 35.5 Å². The average molecular weight is 301 g/mol. The molecule has 1 aromatic rings. The molecule has 0 radical (unpaired) electrons. The minimum absolute atomic E-state index is 0.341. The summed E-state index contributed by atoms with van der Waals surface area (Å²) in [6.07, 6.45) is 0. The van der Waals surface area contributed by atoms with Crippen LogP contribution in [0.3, 0.4) is 0 Å². The van der Waals surface area contributed by atoms with Crippen LogP contribution in [-0.4, -0.2) is 19.7 Å². The van der Waals surface area contributed by atoms with Crippen LogP contribution in [0.5, 0.6) is 0 Å². The van der Waals surface area contributed by atoms with E-state index in [0.29, 0.717) is 18.1 Å². The van der Waals surface area contributed by atoms with Gasteiger partial charge in [-0.2, -0.15) is 0 Å². The van der Waals surface area contributed by atoms with Crippen LogP contribution in [0, 0.1) is 5.92 Å². The molecule has 17 heavy (non-hydrogen) atoms. The Balaban J connectivity index is 2.65. The molecule has 0 bridgehead atoms. The quantitative estimate of drug-likeness (QED) is 0.782. The molecule has 0 unspecified atom stereocenters. The van der Waals surface area contributed by atoms with E-state index in [1.54, 1.807) is 6.07 Å². The third-order valence-corrected chi connectivity index (χ3v) is 2.81. The molecule has 0 aliphatic rings. The molecule has 0 saturated heterocycles. The van der Waals surface area contributed by atoms with Gasteiger partial charge in [-0.3, -0.25) is 0 Å². The Morgan fingerprint density at radius 2 is 2.12 bits per heavy atom. The fourth-order valence-corrected chi connectivity index (χ4v) is 1.92. The molecule has 0 aliphatic heterocycles. The van der Waals surface area contributed by atoms with Crippen molar-refractivity contribution in [2.24, 2.45) is 5.92 Å². The molecule has 4 heteroatoms. The van der Waals surface area contributed by atoms with Crippen LogP contribution in [0.4, 0.5) is 0 Å². The molecule has 0 atom stereocenters. The second-order valence-electron chi connectivity index (χ2n) is 4.21. The summed E-state index contributed by atoms with van der Waals surface area (Å²) in [5.41, 5.74) is 1.56. The number of rotatable bonds is 5. The second-order valence-corrected chi connectivity index (χ2v) is 5.07. The molecule has 1 aromatic carbocycles. The third kappa shape index (κ3) is 4.48. The van der Waals surface area contributed by atoms with Gasteiger partial charge in [-0.25, -0.2) is 4.79 Å². The van der Waals surface area contributed by atoms with Gasteiger partial charge in [0, 0.05) is 11.1 Å². The van der Waals surface area contributed by atoms with Crippen LogP contribution in [0.1, 0.15) is 29.8 Å². The van der Waals surface area contributed by atoms with E-state index >= 15 is 0 Å². The summed E-state index contributed by atoms with van der Waals surface area (Å²) in [5.74, 6) is 0.180. The fraction of sp³-hybridized carbons (Fsp3) is 0.462. The first-order valence-electron chi connectivity index (χ1n) is 5.49. The highest BCUT2D eigenvalue weighted by atomic mass is 79.9. The molecule has 3 nitrogen and oxygen atoms in total. The van der Waals surface area contributed by atoms with Crippen LogP contribution >= 0.6 is 15.9 Å². The monoisotopic (exact) mass is 300 g/mol. The van der Waals surface area contributed by atoms with E-state index in [1.807, 2.05) is 12.1 Å². The van der Waals surface area contributed by atoms with Crippen molar-refractivity contribution >= 4 is 21.9 Å². The van der Waals surface area contributed by atoms with Crippen molar-refractivity contribution in [3.63, 3.8) is 0 Å². The number of methoxy groups -OCH3 is 1. The number of carbonyl (C=O) groups excluding carboxylic acids is 1. The van der Waals surface area contributed by atoms with Gasteiger partial charge < -0.3 is 9.47 Å². The Bertz CT molecular complexity index is 388. The van der Waals surface area contributed by atoms with Crippen LogP contribution in [-0.2, 0) is 16.1 Å². The van der Waals surface area contributed by atoms with Gasteiger partial charge >= 0.3 is 5.97 Å². The SMILES string of the molecule is COC(=O)c1ccc(COCC(C)C)cc1Br. The lowest BCUT2D eigenvalue weighted by Gasteiger charge is -2.08. The summed E-state index contributed by atoms with van der Waals surface area (Å²) in [6.45, 7) is 5.50. The van der Waals surface area contributed by atoms with Gasteiger partial charge in [0.2, 0.25) is 0 Å². The predicted molar refractivity (Wildman–Crippen MR) is 70.0 cm³/mol. The van der Waals surface area contributed by atoms with E-state index in [1.165, 1.54) is 7.11 Å². The van der Waals surface area contributed by atoms with Crippen molar-refractivity contribution in [2.45, 2.75) is 20.5 Å². The second kappa shape index (κ2) is 6.77. The van der Waals surface area contributed by atoms with Crippen LogP contribution < -0.4 is 0 Å². The van der Waals surface area contributed by atoms with E-state index in [9.17, 15) is 4.79 Å². The Morgan fingerprint density at radius 1 is 1.41 bits per heavy atom. The number of carbonyl (C=O) groups is 1. The lowest BCUT2D eigenvalue weighted by atomic mass is 10.1. The predicted octanol–water partition coefficient (Wildman–Crippen LogP) is 3.41. The lowest BCUT2D eigenvalue weighted by Crippen LogP contribution is -2.04. The van der Waals surface area contributed by atoms with Crippen LogP contribution in [0.2, 0.25) is 0 Å². The molecule has 0 heterocycles. The highest BCUT2D eigenvalue weighted by Gasteiger charge is 2.10. The first-order chi connectivity index (χ1) is 8.04. The minimum atomic E-state index is -0.341. The average Bonchev–Trinajstić information content (AvgIpc) is 2.28. The standard InChI is InChI=1S/C13H17BrO3/c1-9(2)7-17-8-10-4-5-11(12(14)6-10)13(15)16-3/h4-6,9H,7-8H2,1-3H3. The van der Waals surface area contributed by atoms with Crippen LogP contribution in [0.25, 0.3) is 0 Å². The van der Waals surface area contributed by atoms with E-state index in [2.05, 4.69) is 34.5 Å². The maximum atomic E-state index is 11.4. The minimum Gasteiger partial charge on any atom is -0.465 e. The zero-order valence-corrected chi connectivity index (χ0v) is 11.9. The van der Waals surface area contributed by atoms with E-state index in [-0.39, 0.29) is 5.97 Å². The van der Waals surface area contributed by atoms with Gasteiger partial charge in [-0.1, -0.05) is 19.9 Å². The van der Waals surface area contributed by atoms with Crippen molar-refractivity contribution in [2.75, 3.05) is 13.7 Å². The van der Waals surface area contributed by atoms with Gasteiger partial charge in [0.15, 0.2) is 0 Å². The highest BCUT2D eigenvalue weighted by Crippen LogP contribution is 2.20. The molecule has 1 rings (SSSR count). The first kappa shape index (κ1) is 14.2. The number of esters is 1. The maximum Gasteiger partial charge on any atom is 0.339 e. The molecule has 0 amide bonds. The molecule has 0 spiro atoms. The summed E-state index contributed by atoms with van der Waals surface area (Å²) in [5, 5.41) is 0. The highest BCUT2D eigenvalue weighted by molar-refractivity contribution is 9.10. The third-order valence-electron chi connectivity index (χ3n) is 2.16. The maximum absolute atomic E-state index is 11.4. The largest absolute Gasteiger partial charge is 0.465 e. The Morgan fingerprint density at radius 3 is 2.65 bits per heavy atom. The number of hydrogen-bond donors (Lipinski definition) is 0. The molecule has 0 aromatic heterocycles. The molecule has 0 saturated carbocycles. The summed E-state index contributed by atoms with van der Waals surface area (Å²) >= 11 is 3.35. The van der Waals surface area contributed by atoms with Crippen molar-refractivity contribution in [3.8, 4) is 0 Å². The molecular weight excluding hydrogens is 284 g/mol. The Kier molecular flexibility index (Phi) is 5.65. The van der Waals surface area contributed by atoms with Crippen molar-refractivity contribution in [3.05, 3.63) is 33.8 Å². The van der Waals surface area contributed by atoms with Gasteiger partial charge in [-0.05, 0) is 39.5 Å². The molecule has 0 fully saturated rings. The summed E-state index contributed by atoms with van der Waals surface area (Å²) < 4.78 is 10.9. The molecule has 0 N–H and O–H groups in total. The van der Waals surface area contributed by atoms with Gasteiger partial charge in [0.05, 0.1) is 19.3 Å². The van der Waals surface area contributed by atoms with Crippen molar-refractivity contribution in [1.82, 2.24) is 0 Å². The number of halogens is 1. The molecule has 0 aliphatic carbocycles. The van der Waals surface area contributed by atoms with E-state index in [4.69, 9.17) is 4.74 Å². The van der Waals surface area contributed by atoms with Crippen molar-refractivity contribution in [1.29, 1.82) is 0 Å². The van der Waals surface area contributed by atoms with Crippen molar-refractivity contribution < 1.29 is 14.3 Å². The van der Waals surface area contributed by atoms with Gasteiger partial charge in [-0.15, -0.1) is 0 Å². The van der Waals surface area contributed by atoms with E-state index < -0.39 is 0 Å². The zero-order chi connectivity index (χ0) is 12.8. The van der Waals surface area contributed by atoms with Gasteiger partial charge in [0.25, 0.3) is 0 Å². The normalized spacial score (nSPS) is 10.6. The summed E-state index contributed by atoms with van der Waals surface area (Å²) in [7, 11) is 1.37. The summed E-state index contributed by atoms with van der Waals surface area (Å²) in [6, 6.07) is 5.49. The Hall–Kier alpha value is -0.870. The van der Waals surface area contributed by atoms with Gasteiger partial charge in [0.1, 0.15) is 0 Å². The summed E-state index contributed by atoms with van der Waals surface area (Å²) in [4.78, 5) is 11.4. The fourth-order valence-electron chi connectivity index (χ4n) is 1.34. The number of benzene rings is 1.